The molecular weight excluding hydrogens is 164 g/mol. The molecule has 1 aromatic carbocycles. The van der Waals surface area contributed by atoms with E-state index in [0.717, 1.165) is 18.4 Å². The first-order chi connectivity index (χ1) is 6.12. The molecule has 0 bridgehead atoms. The molecule has 0 heterocycles. The fraction of sp³-hybridized carbons (Fsp3) is 0.300. The first-order valence-corrected chi connectivity index (χ1v) is 4.31. The number of nitrogens with two attached hydrogens (primary N) is 2. The minimum Gasteiger partial charge on any atom is -0.366 e. The normalized spacial score (nSPS) is 18.2. The third-order valence-electron chi connectivity index (χ3n) is 2.51. The van der Waals surface area contributed by atoms with Gasteiger partial charge in [0.1, 0.15) is 0 Å². The molecule has 0 saturated heterocycles. The molecule has 1 fully saturated rings. The lowest BCUT2D eigenvalue weighted by molar-refractivity contribution is 0.1000. The van der Waals surface area contributed by atoms with Crippen LogP contribution in [-0.2, 0) is 5.54 Å². The predicted octanol–water partition coefficient (Wildman–Crippen LogP) is 0.733. The van der Waals surface area contributed by atoms with Crippen LogP contribution in [0.5, 0.6) is 0 Å². The molecule has 0 spiro atoms. The molecule has 1 amide bonds. The van der Waals surface area contributed by atoms with Crippen molar-refractivity contribution >= 4 is 5.91 Å². The summed E-state index contributed by atoms with van der Waals surface area (Å²) in [6.45, 7) is 0. The van der Waals surface area contributed by atoms with Gasteiger partial charge in [0.25, 0.3) is 0 Å². The zero-order chi connectivity index (χ0) is 9.47. The quantitative estimate of drug-likeness (QED) is 0.697. The van der Waals surface area contributed by atoms with Gasteiger partial charge in [-0.1, -0.05) is 12.1 Å². The highest BCUT2D eigenvalue weighted by Gasteiger charge is 2.39. The second kappa shape index (κ2) is 2.57. The van der Waals surface area contributed by atoms with E-state index in [-0.39, 0.29) is 5.54 Å². The van der Waals surface area contributed by atoms with Gasteiger partial charge in [-0.3, -0.25) is 4.79 Å². The van der Waals surface area contributed by atoms with Gasteiger partial charge in [0.2, 0.25) is 5.91 Å². The molecule has 1 aromatic rings. The molecular formula is C10H12N2O. The van der Waals surface area contributed by atoms with Crippen molar-refractivity contribution in [2.24, 2.45) is 11.5 Å². The highest BCUT2D eigenvalue weighted by Crippen LogP contribution is 2.42. The Hall–Kier alpha value is -1.35. The fourth-order valence-corrected chi connectivity index (χ4v) is 1.41. The Bertz CT molecular complexity index is 356. The van der Waals surface area contributed by atoms with Crippen LogP contribution in [0.1, 0.15) is 28.8 Å². The number of carbonyl (C=O) groups is 1. The molecule has 3 nitrogen and oxygen atoms in total. The van der Waals surface area contributed by atoms with E-state index in [0.29, 0.717) is 5.56 Å². The molecule has 0 aliphatic heterocycles. The van der Waals surface area contributed by atoms with Crippen molar-refractivity contribution in [2.75, 3.05) is 0 Å². The zero-order valence-electron chi connectivity index (χ0n) is 7.29. The molecule has 0 aromatic heterocycles. The molecule has 1 aliphatic rings. The van der Waals surface area contributed by atoms with Crippen LogP contribution in [0, 0.1) is 0 Å². The molecule has 0 radical (unpaired) electrons. The first kappa shape index (κ1) is 8.26. The largest absolute Gasteiger partial charge is 0.366 e. The number of rotatable bonds is 2. The number of hydrogen-bond donors (Lipinski definition) is 2. The Morgan fingerprint density at radius 3 is 2.62 bits per heavy atom. The average Bonchev–Trinajstić information content (AvgIpc) is 2.85. The molecule has 1 aliphatic carbocycles. The minimum atomic E-state index is -0.397. The van der Waals surface area contributed by atoms with Gasteiger partial charge in [-0.2, -0.15) is 0 Å². The SMILES string of the molecule is NC(=O)c1cccc(C2(N)CC2)c1. The van der Waals surface area contributed by atoms with Gasteiger partial charge in [0, 0.05) is 11.1 Å². The Balaban J connectivity index is 2.38. The first-order valence-electron chi connectivity index (χ1n) is 4.31. The lowest BCUT2D eigenvalue weighted by Gasteiger charge is -2.09. The molecule has 4 N–H and O–H groups in total. The van der Waals surface area contributed by atoms with Crippen molar-refractivity contribution in [1.82, 2.24) is 0 Å². The number of benzene rings is 1. The Morgan fingerprint density at radius 2 is 2.08 bits per heavy atom. The number of primary amides is 1. The van der Waals surface area contributed by atoms with Crippen molar-refractivity contribution in [3.63, 3.8) is 0 Å². The van der Waals surface area contributed by atoms with Crippen molar-refractivity contribution in [3.05, 3.63) is 35.4 Å². The smallest absolute Gasteiger partial charge is 0.248 e. The standard InChI is InChI=1S/C10H12N2O/c11-9(13)7-2-1-3-8(6-7)10(12)4-5-10/h1-3,6H,4-5,12H2,(H2,11,13). The summed E-state index contributed by atoms with van der Waals surface area (Å²) in [7, 11) is 0. The molecule has 2 rings (SSSR count). The monoisotopic (exact) mass is 176 g/mol. The van der Waals surface area contributed by atoms with Crippen LogP contribution in [0.2, 0.25) is 0 Å². The minimum absolute atomic E-state index is 0.189. The maximum atomic E-state index is 10.9. The van der Waals surface area contributed by atoms with Crippen molar-refractivity contribution in [3.8, 4) is 0 Å². The summed E-state index contributed by atoms with van der Waals surface area (Å²) in [4.78, 5) is 10.9. The van der Waals surface area contributed by atoms with Gasteiger partial charge in [-0.15, -0.1) is 0 Å². The van der Waals surface area contributed by atoms with E-state index in [4.69, 9.17) is 11.5 Å². The van der Waals surface area contributed by atoms with E-state index in [1.54, 1.807) is 12.1 Å². The molecule has 68 valence electrons. The van der Waals surface area contributed by atoms with Crippen LogP contribution in [0.25, 0.3) is 0 Å². The maximum absolute atomic E-state index is 10.9. The highest BCUT2D eigenvalue weighted by atomic mass is 16.1. The van der Waals surface area contributed by atoms with E-state index in [1.807, 2.05) is 12.1 Å². The van der Waals surface area contributed by atoms with Gasteiger partial charge in [-0.05, 0) is 30.5 Å². The van der Waals surface area contributed by atoms with Gasteiger partial charge < -0.3 is 11.5 Å². The van der Waals surface area contributed by atoms with E-state index in [1.165, 1.54) is 0 Å². The van der Waals surface area contributed by atoms with Gasteiger partial charge in [0.05, 0.1) is 0 Å². The van der Waals surface area contributed by atoms with Crippen LogP contribution >= 0.6 is 0 Å². The zero-order valence-corrected chi connectivity index (χ0v) is 7.29. The average molecular weight is 176 g/mol. The van der Waals surface area contributed by atoms with Gasteiger partial charge >= 0.3 is 0 Å². The van der Waals surface area contributed by atoms with Gasteiger partial charge in [-0.25, -0.2) is 0 Å². The van der Waals surface area contributed by atoms with Crippen molar-refractivity contribution in [2.45, 2.75) is 18.4 Å². The van der Waals surface area contributed by atoms with E-state index < -0.39 is 5.91 Å². The van der Waals surface area contributed by atoms with Crippen LogP contribution in [-0.4, -0.2) is 5.91 Å². The maximum Gasteiger partial charge on any atom is 0.248 e. The third-order valence-corrected chi connectivity index (χ3v) is 2.51. The van der Waals surface area contributed by atoms with Crippen LogP contribution in [0.3, 0.4) is 0 Å². The Morgan fingerprint density at radius 1 is 1.38 bits per heavy atom. The lowest BCUT2D eigenvalue weighted by Crippen LogP contribution is -2.20. The predicted molar refractivity (Wildman–Crippen MR) is 50.1 cm³/mol. The van der Waals surface area contributed by atoms with Gasteiger partial charge in [0.15, 0.2) is 0 Å². The van der Waals surface area contributed by atoms with Crippen LogP contribution in [0.15, 0.2) is 24.3 Å². The van der Waals surface area contributed by atoms with E-state index in [2.05, 4.69) is 0 Å². The summed E-state index contributed by atoms with van der Waals surface area (Å²) in [6, 6.07) is 7.26. The summed E-state index contributed by atoms with van der Waals surface area (Å²) >= 11 is 0. The van der Waals surface area contributed by atoms with Crippen LogP contribution < -0.4 is 11.5 Å². The highest BCUT2D eigenvalue weighted by molar-refractivity contribution is 5.92. The molecule has 3 heteroatoms. The van der Waals surface area contributed by atoms with Crippen molar-refractivity contribution in [1.29, 1.82) is 0 Å². The summed E-state index contributed by atoms with van der Waals surface area (Å²) in [5.41, 5.74) is 12.5. The van der Waals surface area contributed by atoms with Crippen LogP contribution in [0.4, 0.5) is 0 Å². The summed E-state index contributed by atoms with van der Waals surface area (Å²) < 4.78 is 0. The summed E-state index contributed by atoms with van der Waals surface area (Å²) in [5.74, 6) is -0.397. The molecule has 13 heavy (non-hydrogen) atoms. The second-order valence-corrected chi connectivity index (χ2v) is 3.60. The molecule has 0 atom stereocenters. The topological polar surface area (TPSA) is 69.1 Å². The fourth-order valence-electron chi connectivity index (χ4n) is 1.41. The summed E-state index contributed by atoms with van der Waals surface area (Å²) in [6.07, 6.45) is 1.99. The van der Waals surface area contributed by atoms with E-state index in [9.17, 15) is 4.79 Å². The second-order valence-electron chi connectivity index (χ2n) is 3.60. The summed E-state index contributed by atoms with van der Waals surface area (Å²) in [5, 5.41) is 0. The number of hydrogen-bond acceptors (Lipinski definition) is 2. The molecule has 0 unspecified atom stereocenters. The van der Waals surface area contributed by atoms with Crippen molar-refractivity contribution < 1.29 is 4.79 Å². The Labute approximate surface area is 76.7 Å². The third kappa shape index (κ3) is 1.42. The van der Waals surface area contributed by atoms with E-state index >= 15 is 0 Å². The number of carbonyl (C=O) groups excluding carboxylic acids is 1. The molecule has 1 saturated carbocycles. The number of amides is 1. The lowest BCUT2D eigenvalue weighted by atomic mass is 10.0. The Kier molecular flexibility index (Phi) is 1.63.